The summed E-state index contributed by atoms with van der Waals surface area (Å²) in [5.41, 5.74) is 0.287. The summed E-state index contributed by atoms with van der Waals surface area (Å²) in [7, 11) is 0.231. The number of hydrogen-bond donors (Lipinski definition) is 0. The Morgan fingerprint density at radius 1 is 1.17 bits per heavy atom. The number of carbonyl (C=O) groups is 1. The van der Waals surface area contributed by atoms with Crippen molar-refractivity contribution < 1.29 is 27.9 Å². The zero-order valence-electron chi connectivity index (χ0n) is 14.3. The first-order valence-corrected chi connectivity index (χ1v) is 8.75. The maximum atomic E-state index is 12.9. The molecule has 23 heavy (non-hydrogen) atoms. The summed E-state index contributed by atoms with van der Waals surface area (Å²) in [5.74, 6) is 0.637. The molecule has 0 saturated heterocycles. The summed E-state index contributed by atoms with van der Waals surface area (Å²) in [6, 6.07) is 5.08. The smallest absolute Gasteiger partial charge is 0.319 e. The Labute approximate surface area is 138 Å². The second-order valence-electron chi connectivity index (χ2n) is 5.32. The van der Waals surface area contributed by atoms with Crippen molar-refractivity contribution in [3.63, 3.8) is 0 Å². The molecule has 0 aliphatic rings. The average Bonchev–Trinajstić information content (AvgIpc) is 2.52. The van der Waals surface area contributed by atoms with E-state index in [1.165, 1.54) is 14.2 Å². The normalized spacial score (nSPS) is 13.7. The number of benzene rings is 1. The molecule has 0 radical (unpaired) electrons. The van der Waals surface area contributed by atoms with E-state index in [0.29, 0.717) is 17.9 Å². The second kappa shape index (κ2) is 9.71. The topological polar surface area (TPSA) is 71.1 Å². The molecule has 6 nitrogen and oxygen atoms in total. The van der Waals surface area contributed by atoms with Gasteiger partial charge < -0.3 is 14.0 Å². The van der Waals surface area contributed by atoms with Gasteiger partial charge in [-0.15, -0.1) is 0 Å². The Kier molecular flexibility index (Phi) is 8.31. The van der Waals surface area contributed by atoms with E-state index in [9.17, 15) is 9.36 Å². The van der Waals surface area contributed by atoms with Gasteiger partial charge in [-0.25, -0.2) is 0 Å². The molecule has 0 fully saturated rings. The first kappa shape index (κ1) is 19.7. The van der Waals surface area contributed by atoms with Crippen LogP contribution in [-0.4, -0.2) is 32.7 Å². The summed E-state index contributed by atoms with van der Waals surface area (Å²) < 4.78 is 32.7. The molecular formula is C16H25O6P. The lowest BCUT2D eigenvalue weighted by Crippen LogP contribution is -2.25. The van der Waals surface area contributed by atoms with Crippen molar-refractivity contribution in [1.29, 1.82) is 0 Å². The van der Waals surface area contributed by atoms with E-state index in [1.54, 1.807) is 25.1 Å². The average molecular weight is 344 g/mol. The molecule has 2 atom stereocenters. The third-order valence-electron chi connectivity index (χ3n) is 3.15. The van der Waals surface area contributed by atoms with Gasteiger partial charge in [0.1, 0.15) is 23.2 Å². The number of Topliss-reactive ketones (excluding diaryl/α,β-unsaturated/α-hetero) is 1. The van der Waals surface area contributed by atoms with Crippen molar-refractivity contribution in [2.45, 2.75) is 33.3 Å². The van der Waals surface area contributed by atoms with Gasteiger partial charge in [0.05, 0.1) is 20.8 Å². The molecule has 0 spiro atoms. The Bertz CT molecular complexity index is 521. The number of rotatable bonds is 10. The third kappa shape index (κ3) is 5.65. The number of ether oxygens (including phenoxy) is 2. The molecule has 0 amide bonds. The van der Waals surface area contributed by atoms with Crippen LogP contribution in [0.3, 0.4) is 0 Å². The fourth-order valence-electron chi connectivity index (χ4n) is 2.16. The summed E-state index contributed by atoms with van der Waals surface area (Å²) in [5, 5.41) is 0. The largest absolute Gasteiger partial charge is 0.496 e. The van der Waals surface area contributed by atoms with Gasteiger partial charge in [-0.05, 0) is 31.4 Å². The second-order valence-corrected chi connectivity index (χ2v) is 6.35. The molecule has 0 aliphatic carbocycles. The van der Waals surface area contributed by atoms with Crippen LogP contribution in [0.5, 0.6) is 11.5 Å². The van der Waals surface area contributed by atoms with Gasteiger partial charge in [-0.2, -0.15) is 0 Å². The van der Waals surface area contributed by atoms with Crippen LogP contribution in [0.1, 0.15) is 37.6 Å². The Balaban J connectivity index is 3.16. The molecule has 1 aromatic carbocycles. The number of hydrogen-bond acceptors (Lipinski definition) is 6. The summed E-state index contributed by atoms with van der Waals surface area (Å²) >= 11 is 0. The van der Waals surface area contributed by atoms with Crippen molar-refractivity contribution >= 4 is 14.0 Å². The highest BCUT2D eigenvalue weighted by atomic mass is 31.1. The highest BCUT2D eigenvalue weighted by Crippen LogP contribution is 2.35. The number of methoxy groups -OCH3 is 2. The molecule has 0 aliphatic heterocycles. The van der Waals surface area contributed by atoms with Crippen LogP contribution in [0.15, 0.2) is 18.2 Å². The van der Waals surface area contributed by atoms with Gasteiger partial charge in [0.25, 0.3) is 0 Å². The van der Waals surface area contributed by atoms with Crippen molar-refractivity contribution in [3.8, 4) is 11.5 Å². The minimum absolute atomic E-state index is 0.182. The lowest BCUT2D eigenvalue weighted by Gasteiger charge is -2.20. The SMILES string of the molecule is CCO[PH](=O)OC(CC(C)C)C(=O)c1c(OC)cccc1OC. The van der Waals surface area contributed by atoms with Crippen LogP contribution in [0.4, 0.5) is 0 Å². The number of ketones is 1. The fraction of sp³-hybridized carbons (Fsp3) is 0.562. The van der Waals surface area contributed by atoms with Crippen LogP contribution in [0, 0.1) is 5.92 Å². The van der Waals surface area contributed by atoms with Gasteiger partial charge in [0.15, 0.2) is 5.78 Å². The molecular weight excluding hydrogens is 319 g/mol. The molecule has 7 heteroatoms. The highest BCUT2D eigenvalue weighted by molar-refractivity contribution is 7.33. The molecule has 2 unspecified atom stereocenters. The Morgan fingerprint density at radius 2 is 1.74 bits per heavy atom. The molecule has 1 rings (SSSR count). The monoisotopic (exact) mass is 344 g/mol. The first-order valence-electron chi connectivity index (χ1n) is 7.53. The molecule has 0 heterocycles. The van der Waals surface area contributed by atoms with Crippen LogP contribution in [0.2, 0.25) is 0 Å². The van der Waals surface area contributed by atoms with E-state index in [4.69, 9.17) is 18.5 Å². The number of carbonyl (C=O) groups excluding carboxylic acids is 1. The van der Waals surface area contributed by atoms with Crippen molar-refractivity contribution in [1.82, 2.24) is 0 Å². The first-order chi connectivity index (χ1) is 10.9. The van der Waals surface area contributed by atoms with E-state index in [1.807, 2.05) is 13.8 Å². The van der Waals surface area contributed by atoms with Gasteiger partial charge in [-0.1, -0.05) is 19.9 Å². The lowest BCUT2D eigenvalue weighted by atomic mass is 9.97. The van der Waals surface area contributed by atoms with Gasteiger partial charge >= 0.3 is 8.25 Å². The van der Waals surface area contributed by atoms with Crippen molar-refractivity contribution in [2.24, 2.45) is 5.92 Å². The summed E-state index contributed by atoms with van der Waals surface area (Å²) in [4.78, 5) is 12.9. The van der Waals surface area contributed by atoms with E-state index in [-0.39, 0.29) is 23.9 Å². The molecule has 0 bridgehead atoms. The summed E-state index contributed by atoms with van der Waals surface area (Å²) in [6.45, 7) is 5.90. The minimum Gasteiger partial charge on any atom is -0.496 e. The van der Waals surface area contributed by atoms with Crippen molar-refractivity contribution in [2.75, 3.05) is 20.8 Å². The zero-order valence-corrected chi connectivity index (χ0v) is 15.3. The standard InChI is InChI=1S/C16H25O6P/c1-6-21-23(18)22-14(10-11(2)3)16(17)15-12(19-4)8-7-9-13(15)20-5/h7-9,11,14,23H,6,10H2,1-5H3. The molecule has 0 saturated carbocycles. The van der Waals surface area contributed by atoms with E-state index in [0.717, 1.165) is 0 Å². The predicted octanol–water partition coefficient (Wildman–Crippen LogP) is 3.74. The summed E-state index contributed by atoms with van der Waals surface area (Å²) in [6.07, 6.45) is -0.457. The minimum atomic E-state index is -2.73. The molecule has 0 N–H and O–H groups in total. The van der Waals surface area contributed by atoms with Crippen LogP contribution >= 0.6 is 8.25 Å². The Hall–Kier alpha value is -1.36. The maximum Gasteiger partial charge on any atom is 0.319 e. The quantitative estimate of drug-likeness (QED) is 0.476. The van der Waals surface area contributed by atoms with Crippen LogP contribution in [0.25, 0.3) is 0 Å². The van der Waals surface area contributed by atoms with E-state index in [2.05, 4.69) is 0 Å². The van der Waals surface area contributed by atoms with E-state index >= 15 is 0 Å². The van der Waals surface area contributed by atoms with Crippen LogP contribution in [-0.2, 0) is 13.6 Å². The van der Waals surface area contributed by atoms with Crippen molar-refractivity contribution in [3.05, 3.63) is 23.8 Å². The fourth-order valence-corrected chi connectivity index (χ4v) is 2.90. The lowest BCUT2D eigenvalue weighted by molar-refractivity contribution is 0.0723. The predicted molar refractivity (Wildman–Crippen MR) is 88.8 cm³/mol. The highest BCUT2D eigenvalue weighted by Gasteiger charge is 2.29. The van der Waals surface area contributed by atoms with Gasteiger partial charge in [0, 0.05) is 0 Å². The van der Waals surface area contributed by atoms with Gasteiger partial charge in [-0.3, -0.25) is 13.9 Å². The Morgan fingerprint density at radius 3 is 2.17 bits per heavy atom. The third-order valence-corrected chi connectivity index (χ3v) is 4.15. The maximum absolute atomic E-state index is 12.9. The van der Waals surface area contributed by atoms with Gasteiger partial charge in [0.2, 0.25) is 0 Å². The molecule has 0 aromatic heterocycles. The molecule has 1 aromatic rings. The van der Waals surface area contributed by atoms with E-state index < -0.39 is 14.4 Å². The zero-order chi connectivity index (χ0) is 17.4. The van der Waals surface area contributed by atoms with Crippen LogP contribution < -0.4 is 9.47 Å². The molecule has 130 valence electrons.